The first-order valence-corrected chi connectivity index (χ1v) is 8.35. The van der Waals surface area contributed by atoms with Gasteiger partial charge >= 0.3 is 0 Å². The summed E-state index contributed by atoms with van der Waals surface area (Å²) < 4.78 is 13.1. The van der Waals surface area contributed by atoms with Crippen molar-refractivity contribution in [2.75, 3.05) is 19.0 Å². The Balaban J connectivity index is 0.00000196. The predicted octanol–water partition coefficient (Wildman–Crippen LogP) is 3.30. The summed E-state index contributed by atoms with van der Waals surface area (Å²) in [6.07, 6.45) is 3.84. The molecule has 0 radical (unpaired) electrons. The van der Waals surface area contributed by atoms with Gasteiger partial charge in [-0.2, -0.15) is 0 Å². The number of nitrogens with zero attached hydrogens (tertiary/aromatic N) is 2. The quantitative estimate of drug-likeness (QED) is 0.604. The second kappa shape index (κ2) is 10.8. The zero-order valence-electron chi connectivity index (χ0n) is 15.6. The molecule has 7 nitrogen and oxygen atoms in total. The van der Waals surface area contributed by atoms with E-state index in [1.807, 2.05) is 35.0 Å². The van der Waals surface area contributed by atoms with E-state index in [1.165, 1.54) is 0 Å². The van der Waals surface area contributed by atoms with E-state index in [1.54, 1.807) is 32.2 Å². The number of halogens is 2. The summed E-state index contributed by atoms with van der Waals surface area (Å²) >= 11 is 0. The second-order valence-electron chi connectivity index (χ2n) is 5.98. The third-order valence-corrected chi connectivity index (χ3v) is 4.02. The molecule has 0 aliphatic carbocycles. The van der Waals surface area contributed by atoms with Crippen LogP contribution in [0.15, 0.2) is 48.8 Å². The maximum absolute atomic E-state index is 12.0. The van der Waals surface area contributed by atoms with Crippen LogP contribution in [0.25, 0.3) is 5.65 Å². The maximum Gasteiger partial charge on any atom is 0.228 e. The van der Waals surface area contributed by atoms with Crippen LogP contribution in [0.4, 0.5) is 5.69 Å². The van der Waals surface area contributed by atoms with Gasteiger partial charge in [-0.05, 0) is 24.3 Å². The molecule has 0 aliphatic heterocycles. The molecule has 0 fully saturated rings. The van der Waals surface area contributed by atoms with Crippen LogP contribution in [0, 0.1) is 5.92 Å². The van der Waals surface area contributed by atoms with Gasteiger partial charge in [0.05, 0.1) is 12.8 Å². The Morgan fingerprint density at radius 1 is 1.25 bits per heavy atom. The molecule has 1 amide bonds. The highest BCUT2D eigenvalue weighted by Crippen LogP contribution is 2.31. The van der Waals surface area contributed by atoms with Crippen LogP contribution in [0.3, 0.4) is 0 Å². The number of fused-ring (bicyclic) bond motifs is 1. The van der Waals surface area contributed by atoms with E-state index in [2.05, 4.69) is 10.3 Å². The first-order valence-electron chi connectivity index (χ1n) is 8.35. The van der Waals surface area contributed by atoms with E-state index >= 15 is 0 Å². The molecule has 28 heavy (non-hydrogen) atoms. The van der Waals surface area contributed by atoms with Crippen LogP contribution in [-0.4, -0.2) is 28.9 Å². The molecule has 0 saturated heterocycles. The van der Waals surface area contributed by atoms with E-state index in [4.69, 9.17) is 15.2 Å². The number of aromatic nitrogens is 2. The fourth-order valence-electron chi connectivity index (χ4n) is 2.45. The summed E-state index contributed by atoms with van der Waals surface area (Å²) in [5.41, 5.74) is 7.81. The number of anilines is 1. The standard InChI is InChI=1S/C19H22N4O3.2ClH/c1-13(10-20)19(24)22-14-6-7-16(25-2)17(9-14)26-12-15-11-23-8-4-3-5-18(23)21-15;;/h3-9,11,13H,10,12,20H2,1-2H3,(H,22,24);2*1H. The predicted molar refractivity (Wildman–Crippen MR) is 114 cm³/mol. The number of nitrogens with two attached hydrogens (primary N) is 1. The molecular weight excluding hydrogens is 403 g/mol. The molecular formula is C19H24Cl2N4O3. The fraction of sp³-hybridized carbons (Fsp3) is 0.263. The monoisotopic (exact) mass is 426 g/mol. The second-order valence-corrected chi connectivity index (χ2v) is 5.98. The fourth-order valence-corrected chi connectivity index (χ4v) is 2.45. The summed E-state index contributed by atoms with van der Waals surface area (Å²) in [6, 6.07) is 11.1. The van der Waals surface area contributed by atoms with Gasteiger partial charge in [0, 0.05) is 36.6 Å². The van der Waals surface area contributed by atoms with E-state index in [0.29, 0.717) is 23.7 Å². The summed E-state index contributed by atoms with van der Waals surface area (Å²) in [5, 5.41) is 2.83. The Labute approximate surface area is 176 Å². The average molecular weight is 427 g/mol. The van der Waals surface area contributed by atoms with E-state index < -0.39 is 0 Å². The van der Waals surface area contributed by atoms with E-state index in [9.17, 15) is 4.79 Å². The molecule has 1 aromatic carbocycles. The summed E-state index contributed by atoms with van der Waals surface area (Å²) in [5.74, 6) is 0.713. The summed E-state index contributed by atoms with van der Waals surface area (Å²) in [6.45, 7) is 2.35. The molecule has 1 unspecified atom stereocenters. The molecule has 0 aliphatic rings. The highest BCUT2D eigenvalue weighted by atomic mass is 35.5. The Morgan fingerprint density at radius 2 is 2.04 bits per heavy atom. The number of carbonyl (C=O) groups is 1. The number of carbonyl (C=O) groups excluding carboxylic acids is 1. The van der Waals surface area contributed by atoms with Crippen molar-refractivity contribution in [2.45, 2.75) is 13.5 Å². The van der Waals surface area contributed by atoms with Gasteiger partial charge in [-0.15, -0.1) is 24.8 Å². The van der Waals surface area contributed by atoms with Gasteiger partial charge in [-0.25, -0.2) is 4.98 Å². The van der Waals surface area contributed by atoms with Crippen molar-refractivity contribution in [3.8, 4) is 11.5 Å². The Morgan fingerprint density at radius 3 is 2.71 bits per heavy atom. The highest BCUT2D eigenvalue weighted by molar-refractivity contribution is 5.92. The number of amides is 1. The minimum absolute atomic E-state index is 0. The molecule has 3 rings (SSSR count). The smallest absolute Gasteiger partial charge is 0.228 e. The largest absolute Gasteiger partial charge is 0.493 e. The lowest BCUT2D eigenvalue weighted by atomic mass is 10.1. The molecule has 9 heteroatoms. The van der Waals surface area contributed by atoms with Crippen molar-refractivity contribution in [1.82, 2.24) is 9.38 Å². The zero-order valence-corrected chi connectivity index (χ0v) is 17.3. The molecule has 0 saturated carbocycles. The first kappa shape index (κ1) is 23.6. The van der Waals surface area contributed by atoms with Gasteiger partial charge < -0.3 is 24.9 Å². The number of nitrogens with one attached hydrogen (secondary N) is 1. The Bertz CT molecular complexity index is 884. The number of rotatable bonds is 7. The summed E-state index contributed by atoms with van der Waals surface area (Å²) in [7, 11) is 1.57. The Kier molecular flexibility index (Phi) is 9.05. The van der Waals surface area contributed by atoms with Crippen molar-refractivity contribution in [3.63, 3.8) is 0 Å². The lowest BCUT2D eigenvalue weighted by Crippen LogP contribution is -2.26. The lowest BCUT2D eigenvalue weighted by Gasteiger charge is -2.14. The number of benzene rings is 1. The third-order valence-electron chi connectivity index (χ3n) is 4.02. The zero-order chi connectivity index (χ0) is 18.5. The number of pyridine rings is 1. The molecule has 3 N–H and O–H groups in total. The number of hydrogen-bond donors (Lipinski definition) is 2. The molecule has 0 spiro atoms. The van der Waals surface area contributed by atoms with Crippen LogP contribution in [-0.2, 0) is 11.4 Å². The lowest BCUT2D eigenvalue weighted by molar-refractivity contribution is -0.119. The molecule has 2 heterocycles. The van der Waals surface area contributed by atoms with Crippen LogP contribution in [0.1, 0.15) is 12.6 Å². The average Bonchev–Trinajstić information content (AvgIpc) is 3.08. The summed E-state index contributed by atoms with van der Waals surface area (Å²) in [4.78, 5) is 16.5. The third kappa shape index (κ3) is 5.51. The molecule has 0 bridgehead atoms. The normalized spacial score (nSPS) is 11.1. The van der Waals surface area contributed by atoms with Gasteiger partial charge in [0.15, 0.2) is 11.5 Å². The first-order chi connectivity index (χ1) is 12.6. The van der Waals surface area contributed by atoms with Crippen molar-refractivity contribution in [3.05, 3.63) is 54.5 Å². The number of methoxy groups -OCH3 is 1. The van der Waals surface area contributed by atoms with Crippen LogP contribution < -0.4 is 20.5 Å². The maximum atomic E-state index is 12.0. The van der Waals surface area contributed by atoms with Crippen LogP contribution in [0.5, 0.6) is 11.5 Å². The molecule has 1 atom stereocenters. The van der Waals surface area contributed by atoms with Crippen molar-refractivity contribution >= 4 is 42.1 Å². The van der Waals surface area contributed by atoms with Crippen molar-refractivity contribution in [2.24, 2.45) is 11.7 Å². The molecule has 2 aromatic heterocycles. The molecule has 3 aromatic rings. The number of hydrogen-bond acceptors (Lipinski definition) is 5. The van der Waals surface area contributed by atoms with Gasteiger partial charge in [0.2, 0.25) is 5.91 Å². The van der Waals surface area contributed by atoms with Gasteiger partial charge in [-0.3, -0.25) is 4.79 Å². The Hall–Kier alpha value is -2.48. The number of ether oxygens (including phenoxy) is 2. The van der Waals surface area contributed by atoms with Gasteiger partial charge in [0.25, 0.3) is 0 Å². The minimum Gasteiger partial charge on any atom is -0.493 e. The van der Waals surface area contributed by atoms with Gasteiger partial charge in [0.1, 0.15) is 12.3 Å². The van der Waals surface area contributed by atoms with Crippen LogP contribution >= 0.6 is 24.8 Å². The van der Waals surface area contributed by atoms with E-state index in [0.717, 1.165) is 11.3 Å². The van der Waals surface area contributed by atoms with Crippen molar-refractivity contribution < 1.29 is 14.3 Å². The number of imidazole rings is 1. The van der Waals surface area contributed by atoms with Crippen LogP contribution in [0.2, 0.25) is 0 Å². The topological polar surface area (TPSA) is 90.9 Å². The minimum atomic E-state index is -0.264. The van der Waals surface area contributed by atoms with Gasteiger partial charge in [-0.1, -0.05) is 13.0 Å². The van der Waals surface area contributed by atoms with Crippen molar-refractivity contribution in [1.29, 1.82) is 0 Å². The SMILES string of the molecule is COc1ccc(NC(=O)C(C)CN)cc1OCc1cn2ccccc2n1.Cl.Cl. The highest BCUT2D eigenvalue weighted by Gasteiger charge is 2.13. The van der Waals surface area contributed by atoms with E-state index in [-0.39, 0.29) is 43.2 Å². The molecule has 152 valence electrons.